The van der Waals surface area contributed by atoms with Gasteiger partial charge in [-0.2, -0.15) is 0 Å². The fourth-order valence-corrected chi connectivity index (χ4v) is 4.97. The SMILES string of the molecule is COC(=O)c1ccc([C@@H]2C[C@@H](C3(Cc4ccccc4)CC3)CCN2C(=O)O)cc1F. The Balaban J connectivity index is 1.58. The van der Waals surface area contributed by atoms with Crippen molar-refractivity contribution in [3.05, 3.63) is 71.0 Å². The third-order valence-corrected chi connectivity index (χ3v) is 6.79. The summed E-state index contributed by atoms with van der Waals surface area (Å²) in [5.74, 6) is -1.05. The third kappa shape index (κ3) is 3.91. The number of hydrogen-bond acceptors (Lipinski definition) is 3. The molecule has 2 aliphatic rings. The quantitative estimate of drug-likeness (QED) is 0.698. The maximum absolute atomic E-state index is 14.5. The van der Waals surface area contributed by atoms with Gasteiger partial charge in [0.1, 0.15) is 5.82 Å². The minimum Gasteiger partial charge on any atom is -0.465 e. The van der Waals surface area contributed by atoms with Crippen LogP contribution >= 0.6 is 0 Å². The summed E-state index contributed by atoms with van der Waals surface area (Å²) in [6.45, 7) is 0.432. The van der Waals surface area contributed by atoms with Crippen LogP contribution < -0.4 is 0 Å². The van der Waals surface area contributed by atoms with E-state index in [4.69, 9.17) is 0 Å². The van der Waals surface area contributed by atoms with Gasteiger partial charge in [0.25, 0.3) is 0 Å². The lowest BCUT2D eigenvalue weighted by Gasteiger charge is -2.41. The van der Waals surface area contributed by atoms with Crippen molar-refractivity contribution in [2.45, 2.75) is 38.1 Å². The lowest BCUT2D eigenvalue weighted by Crippen LogP contribution is -2.42. The van der Waals surface area contributed by atoms with Gasteiger partial charge in [0.15, 0.2) is 0 Å². The molecule has 1 saturated carbocycles. The molecule has 1 heterocycles. The molecule has 1 aliphatic heterocycles. The lowest BCUT2D eigenvalue weighted by molar-refractivity contribution is 0.0593. The summed E-state index contributed by atoms with van der Waals surface area (Å²) >= 11 is 0. The van der Waals surface area contributed by atoms with E-state index in [2.05, 4.69) is 16.9 Å². The fraction of sp³-hybridized carbons (Fsp3) is 0.417. The number of benzene rings is 2. The van der Waals surface area contributed by atoms with Gasteiger partial charge in [-0.25, -0.2) is 14.0 Å². The molecule has 0 aromatic heterocycles. The van der Waals surface area contributed by atoms with Crippen LogP contribution in [-0.4, -0.2) is 35.7 Å². The zero-order chi connectivity index (χ0) is 21.3. The Bertz CT molecular complexity index is 941. The number of likely N-dealkylation sites (tertiary alicyclic amines) is 1. The molecule has 6 heteroatoms. The number of rotatable bonds is 5. The predicted octanol–water partition coefficient (Wildman–Crippen LogP) is 5.07. The molecule has 2 fully saturated rings. The molecule has 0 unspecified atom stereocenters. The highest BCUT2D eigenvalue weighted by atomic mass is 19.1. The van der Waals surface area contributed by atoms with Crippen molar-refractivity contribution in [3.8, 4) is 0 Å². The van der Waals surface area contributed by atoms with Crippen molar-refractivity contribution in [1.82, 2.24) is 4.90 Å². The van der Waals surface area contributed by atoms with Gasteiger partial charge < -0.3 is 14.7 Å². The number of piperidine rings is 1. The second kappa shape index (κ2) is 8.09. The third-order valence-electron chi connectivity index (χ3n) is 6.79. The van der Waals surface area contributed by atoms with Crippen LogP contribution in [0.5, 0.6) is 0 Å². The minimum atomic E-state index is -0.996. The maximum Gasteiger partial charge on any atom is 0.407 e. The molecule has 0 bridgehead atoms. The van der Waals surface area contributed by atoms with Crippen molar-refractivity contribution in [1.29, 1.82) is 0 Å². The molecule has 1 amide bonds. The molecule has 1 aliphatic carbocycles. The van der Waals surface area contributed by atoms with E-state index < -0.39 is 23.9 Å². The number of esters is 1. The van der Waals surface area contributed by atoms with Gasteiger partial charge in [0.2, 0.25) is 0 Å². The number of nitrogens with zero attached hydrogens (tertiary/aromatic N) is 1. The van der Waals surface area contributed by atoms with E-state index >= 15 is 0 Å². The summed E-state index contributed by atoms with van der Waals surface area (Å²) in [5, 5.41) is 9.72. The second-order valence-electron chi connectivity index (χ2n) is 8.47. The average molecular weight is 411 g/mol. The molecule has 2 aromatic rings. The molecule has 0 radical (unpaired) electrons. The van der Waals surface area contributed by atoms with Crippen molar-refractivity contribution < 1.29 is 23.8 Å². The van der Waals surface area contributed by atoms with Crippen molar-refractivity contribution in [3.63, 3.8) is 0 Å². The van der Waals surface area contributed by atoms with Crippen molar-refractivity contribution >= 4 is 12.1 Å². The highest BCUT2D eigenvalue weighted by Gasteiger charge is 2.51. The molecule has 2 atom stereocenters. The van der Waals surface area contributed by atoms with Gasteiger partial charge in [-0.1, -0.05) is 36.4 Å². The number of halogens is 1. The maximum atomic E-state index is 14.5. The van der Waals surface area contributed by atoms with E-state index in [0.29, 0.717) is 24.4 Å². The molecule has 1 saturated heterocycles. The number of amides is 1. The van der Waals surface area contributed by atoms with Crippen LogP contribution in [0.2, 0.25) is 0 Å². The topological polar surface area (TPSA) is 66.8 Å². The van der Waals surface area contributed by atoms with E-state index in [0.717, 1.165) is 25.7 Å². The smallest absolute Gasteiger partial charge is 0.407 e. The Kier molecular flexibility index (Phi) is 5.50. The number of methoxy groups -OCH3 is 1. The molecule has 5 nitrogen and oxygen atoms in total. The molecule has 30 heavy (non-hydrogen) atoms. The monoisotopic (exact) mass is 411 g/mol. The average Bonchev–Trinajstić information content (AvgIpc) is 3.54. The summed E-state index contributed by atoms with van der Waals surface area (Å²) in [4.78, 5) is 25.0. The molecule has 158 valence electrons. The van der Waals surface area contributed by atoms with Gasteiger partial charge in [-0.3, -0.25) is 0 Å². The minimum absolute atomic E-state index is 0.141. The first kappa shape index (κ1) is 20.4. The summed E-state index contributed by atoms with van der Waals surface area (Å²) < 4.78 is 19.1. The standard InChI is InChI=1S/C24H26FNO4/c1-30-22(27)19-8-7-17(13-20(19)25)21-14-18(9-12-26(21)23(28)29)24(10-11-24)15-16-5-3-2-4-6-16/h2-8,13,18,21H,9-12,14-15H2,1H3,(H,28,29)/t18-,21-/m0/s1. The summed E-state index contributed by atoms with van der Waals surface area (Å²) in [7, 11) is 1.20. The first-order valence-corrected chi connectivity index (χ1v) is 10.3. The fourth-order valence-electron chi connectivity index (χ4n) is 4.97. The molecular weight excluding hydrogens is 385 g/mol. The van der Waals surface area contributed by atoms with Crippen LogP contribution in [-0.2, 0) is 11.2 Å². The van der Waals surface area contributed by atoms with Crippen LogP contribution in [0.25, 0.3) is 0 Å². The second-order valence-corrected chi connectivity index (χ2v) is 8.47. The van der Waals surface area contributed by atoms with E-state index in [1.165, 1.54) is 29.7 Å². The van der Waals surface area contributed by atoms with Crippen LogP contribution in [0, 0.1) is 17.2 Å². The molecule has 1 N–H and O–H groups in total. The first-order valence-electron chi connectivity index (χ1n) is 10.3. The van der Waals surface area contributed by atoms with Gasteiger partial charge in [-0.15, -0.1) is 0 Å². The highest BCUT2D eigenvalue weighted by molar-refractivity contribution is 5.89. The Hall–Kier alpha value is -2.89. The predicted molar refractivity (Wildman–Crippen MR) is 110 cm³/mol. The van der Waals surface area contributed by atoms with Crippen molar-refractivity contribution in [2.24, 2.45) is 11.3 Å². The number of carbonyl (C=O) groups is 2. The summed E-state index contributed by atoms with van der Waals surface area (Å²) in [6, 6.07) is 14.3. The largest absolute Gasteiger partial charge is 0.465 e. The molecule has 2 aromatic carbocycles. The zero-order valence-corrected chi connectivity index (χ0v) is 17.0. The Morgan fingerprint density at radius 1 is 1.20 bits per heavy atom. The van der Waals surface area contributed by atoms with E-state index in [1.807, 2.05) is 18.2 Å². The van der Waals surface area contributed by atoms with Gasteiger partial charge in [0, 0.05) is 6.54 Å². The van der Waals surface area contributed by atoms with E-state index in [1.54, 1.807) is 6.07 Å². The normalized spacial score (nSPS) is 22.4. The van der Waals surface area contributed by atoms with E-state index in [-0.39, 0.29) is 11.0 Å². The van der Waals surface area contributed by atoms with Gasteiger partial charge >= 0.3 is 12.1 Å². The Morgan fingerprint density at radius 3 is 2.53 bits per heavy atom. The molecule has 0 spiro atoms. The highest BCUT2D eigenvalue weighted by Crippen LogP contribution is 2.59. The first-order chi connectivity index (χ1) is 14.4. The van der Waals surface area contributed by atoms with Crippen molar-refractivity contribution in [2.75, 3.05) is 13.7 Å². The summed E-state index contributed by atoms with van der Waals surface area (Å²) in [5.41, 5.74) is 1.95. The van der Waals surface area contributed by atoms with Crippen LogP contribution in [0.15, 0.2) is 48.5 Å². The van der Waals surface area contributed by atoms with Gasteiger partial charge in [-0.05, 0) is 66.7 Å². The number of carbonyl (C=O) groups excluding carboxylic acids is 1. The number of carboxylic acid groups (broad SMARTS) is 1. The van der Waals surface area contributed by atoms with E-state index in [9.17, 15) is 19.1 Å². The van der Waals surface area contributed by atoms with Gasteiger partial charge in [0.05, 0.1) is 18.7 Å². The number of ether oxygens (including phenoxy) is 1. The number of hydrogen-bond donors (Lipinski definition) is 1. The van der Waals surface area contributed by atoms with Crippen LogP contribution in [0.1, 0.15) is 53.2 Å². The Labute approximate surface area is 175 Å². The molecule has 4 rings (SSSR count). The summed E-state index contributed by atoms with van der Waals surface area (Å²) in [6.07, 6.45) is 3.76. The van der Waals surface area contributed by atoms with Crippen LogP contribution in [0.4, 0.5) is 9.18 Å². The Morgan fingerprint density at radius 2 is 1.93 bits per heavy atom. The van der Waals surface area contributed by atoms with Crippen LogP contribution in [0.3, 0.4) is 0 Å². The lowest BCUT2D eigenvalue weighted by atomic mass is 9.74. The molecular formula is C24H26FNO4. The zero-order valence-electron chi connectivity index (χ0n) is 17.0.